The van der Waals surface area contributed by atoms with Crippen molar-refractivity contribution in [1.82, 2.24) is 4.98 Å². The van der Waals surface area contributed by atoms with Gasteiger partial charge < -0.3 is 30.1 Å². The Bertz CT molecular complexity index is 1380. The van der Waals surface area contributed by atoms with Crippen LogP contribution in [0.15, 0.2) is 60.7 Å². The summed E-state index contributed by atoms with van der Waals surface area (Å²) < 4.78 is 43.7. The fraction of sp³-hybridized carbons (Fsp3) is 0.0870. The first kappa shape index (κ1) is 23.8. The summed E-state index contributed by atoms with van der Waals surface area (Å²) in [6.07, 6.45) is -0.340. The lowest BCUT2D eigenvalue weighted by Crippen LogP contribution is -2.19. The van der Waals surface area contributed by atoms with E-state index in [1.165, 1.54) is 7.11 Å². The largest absolute Gasteiger partial charge is 0.495 e. The van der Waals surface area contributed by atoms with Crippen molar-refractivity contribution < 1.29 is 27.9 Å². The zero-order chi connectivity index (χ0) is 24.5. The van der Waals surface area contributed by atoms with Gasteiger partial charge in [0, 0.05) is 33.9 Å². The molecule has 3 aromatic carbocycles. The molecule has 0 fully saturated rings. The SMILES string of the molecule is COc1ccc(-c2cc3cc(F)c(F)cc3[nH]2)cc1NC(=S)Nc1ccc(CP(=O)(O)O)cc1. The summed E-state index contributed by atoms with van der Waals surface area (Å²) in [5.41, 5.74) is 3.56. The Balaban J connectivity index is 1.53. The molecule has 0 unspecified atom stereocenters. The average molecular weight is 503 g/mol. The number of benzene rings is 3. The van der Waals surface area contributed by atoms with E-state index in [2.05, 4.69) is 15.6 Å². The molecule has 4 rings (SSSR count). The van der Waals surface area contributed by atoms with E-state index in [9.17, 15) is 13.3 Å². The highest BCUT2D eigenvalue weighted by atomic mass is 32.1. The van der Waals surface area contributed by atoms with Gasteiger partial charge in [-0.3, -0.25) is 4.57 Å². The molecule has 4 aromatic rings. The molecule has 5 N–H and O–H groups in total. The molecule has 0 saturated heterocycles. The standard InChI is InChI=1S/C23H20F2N3O4PS/c1-32-22-7-4-14(19-10-15-8-17(24)18(25)11-20(15)27-19)9-21(22)28-23(34)26-16-5-2-13(3-6-16)12-33(29,30)31/h2-11,27H,12H2,1H3,(H2,26,28,34)(H2,29,30,31). The summed E-state index contributed by atoms with van der Waals surface area (Å²) in [7, 11) is -2.62. The fourth-order valence-electron chi connectivity index (χ4n) is 3.47. The fourth-order valence-corrected chi connectivity index (χ4v) is 4.39. The molecule has 0 amide bonds. The molecule has 1 heterocycles. The number of anilines is 2. The van der Waals surface area contributed by atoms with E-state index in [0.717, 1.165) is 17.7 Å². The van der Waals surface area contributed by atoms with Crippen molar-refractivity contribution in [3.05, 3.63) is 77.9 Å². The van der Waals surface area contributed by atoms with Crippen molar-refractivity contribution >= 4 is 47.2 Å². The number of rotatable bonds is 6. The Labute approximate surface area is 198 Å². The molecule has 0 atom stereocenters. The van der Waals surface area contributed by atoms with E-state index in [1.807, 2.05) is 0 Å². The molecule has 0 aliphatic rings. The smallest absolute Gasteiger partial charge is 0.329 e. The number of aromatic amines is 1. The van der Waals surface area contributed by atoms with Crippen LogP contribution in [0.3, 0.4) is 0 Å². The van der Waals surface area contributed by atoms with Gasteiger partial charge >= 0.3 is 7.60 Å². The van der Waals surface area contributed by atoms with E-state index >= 15 is 0 Å². The van der Waals surface area contributed by atoms with Crippen molar-refractivity contribution in [2.75, 3.05) is 17.7 Å². The van der Waals surface area contributed by atoms with Gasteiger partial charge in [0.1, 0.15) is 5.75 Å². The second-order valence-corrected chi connectivity index (χ2v) is 9.60. The van der Waals surface area contributed by atoms with E-state index in [1.54, 1.807) is 48.5 Å². The number of H-pyrrole nitrogens is 1. The van der Waals surface area contributed by atoms with Gasteiger partial charge in [0.15, 0.2) is 16.7 Å². The lowest BCUT2D eigenvalue weighted by atomic mass is 10.1. The molecule has 0 spiro atoms. The average Bonchev–Trinajstić information content (AvgIpc) is 3.17. The summed E-state index contributed by atoms with van der Waals surface area (Å²) in [5.74, 6) is -1.32. The van der Waals surface area contributed by atoms with Crippen LogP contribution in [0.2, 0.25) is 0 Å². The molecule has 0 aliphatic carbocycles. The Kier molecular flexibility index (Phi) is 6.67. The Morgan fingerprint density at radius 3 is 2.41 bits per heavy atom. The van der Waals surface area contributed by atoms with Crippen LogP contribution in [0.5, 0.6) is 5.75 Å². The van der Waals surface area contributed by atoms with Crippen molar-refractivity contribution in [2.45, 2.75) is 6.16 Å². The quantitative estimate of drug-likeness (QED) is 0.172. The monoisotopic (exact) mass is 503 g/mol. The lowest BCUT2D eigenvalue weighted by molar-refractivity contribution is 0.371. The third-order valence-electron chi connectivity index (χ3n) is 5.02. The van der Waals surface area contributed by atoms with Gasteiger partial charge in [-0.15, -0.1) is 0 Å². The van der Waals surface area contributed by atoms with Gasteiger partial charge in [0.2, 0.25) is 0 Å². The first-order chi connectivity index (χ1) is 16.1. The molecule has 0 saturated carbocycles. The molecule has 0 bridgehead atoms. The van der Waals surface area contributed by atoms with E-state index in [4.69, 9.17) is 26.7 Å². The number of nitrogens with one attached hydrogen (secondary N) is 3. The summed E-state index contributed by atoms with van der Waals surface area (Å²) in [6, 6.07) is 15.8. The second kappa shape index (κ2) is 9.52. The van der Waals surface area contributed by atoms with Crippen molar-refractivity contribution in [3.63, 3.8) is 0 Å². The summed E-state index contributed by atoms with van der Waals surface area (Å²) in [4.78, 5) is 21.3. The molecular weight excluding hydrogens is 483 g/mol. The third kappa shape index (κ3) is 5.60. The number of fused-ring (bicyclic) bond motifs is 1. The Hall–Kier alpha value is -3.30. The molecule has 176 valence electrons. The van der Waals surface area contributed by atoms with Crippen LogP contribution in [-0.2, 0) is 10.7 Å². The summed E-state index contributed by atoms with van der Waals surface area (Å²) in [5, 5.41) is 6.87. The molecule has 11 heteroatoms. The minimum absolute atomic E-state index is 0.263. The minimum atomic E-state index is -4.14. The highest BCUT2D eigenvalue weighted by Gasteiger charge is 2.14. The molecule has 0 aliphatic heterocycles. The lowest BCUT2D eigenvalue weighted by Gasteiger charge is -2.15. The van der Waals surface area contributed by atoms with Gasteiger partial charge in [-0.05, 0) is 60.2 Å². The second-order valence-electron chi connectivity index (χ2n) is 7.55. The summed E-state index contributed by atoms with van der Waals surface area (Å²) >= 11 is 5.39. The van der Waals surface area contributed by atoms with Crippen LogP contribution >= 0.6 is 19.8 Å². The molecule has 0 radical (unpaired) electrons. The number of methoxy groups -OCH3 is 1. The number of aromatic nitrogens is 1. The molecular formula is C23H20F2N3O4PS. The number of hydrogen-bond acceptors (Lipinski definition) is 3. The zero-order valence-electron chi connectivity index (χ0n) is 17.8. The van der Waals surface area contributed by atoms with Crippen LogP contribution in [-0.4, -0.2) is 27.0 Å². The van der Waals surface area contributed by atoms with Crippen LogP contribution < -0.4 is 15.4 Å². The molecule has 1 aromatic heterocycles. The Morgan fingerprint density at radius 1 is 1.03 bits per heavy atom. The summed E-state index contributed by atoms with van der Waals surface area (Å²) in [6.45, 7) is 0. The van der Waals surface area contributed by atoms with E-state index in [-0.39, 0.29) is 11.3 Å². The predicted molar refractivity (Wildman–Crippen MR) is 132 cm³/mol. The highest BCUT2D eigenvalue weighted by molar-refractivity contribution is 7.80. The number of ether oxygens (including phenoxy) is 1. The van der Waals surface area contributed by atoms with Gasteiger partial charge in [-0.1, -0.05) is 12.1 Å². The van der Waals surface area contributed by atoms with Gasteiger partial charge in [0.25, 0.3) is 0 Å². The van der Waals surface area contributed by atoms with E-state index < -0.39 is 19.2 Å². The van der Waals surface area contributed by atoms with E-state index in [0.29, 0.717) is 39.3 Å². The van der Waals surface area contributed by atoms with Crippen LogP contribution in [0.4, 0.5) is 20.2 Å². The third-order valence-corrected chi connectivity index (χ3v) is 6.00. The number of thiocarbonyl (C=S) groups is 1. The van der Waals surface area contributed by atoms with Gasteiger partial charge in [-0.2, -0.15) is 0 Å². The molecule has 34 heavy (non-hydrogen) atoms. The van der Waals surface area contributed by atoms with Gasteiger partial charge in [0.05, 0.1) is 19.0 Å². The number of hydrogen-bond donors (Lipinski definition) is 5. The maximum Gasteiger partial charge on any atom is 0.329 e. The molecule has 7 nitrogen and oxygen atoms in total. The number of halogens is 2. The first-order valence-electron chi connectivity index (χ1n) is 9.99. The van der Waals surface area contributed by atoms with Crippen LogP contribution in [0, 0.1) is 11.6 Å². The maximum atomic E-state index is 13.6. The first-order valence-corrected chi connectivity index (χ1v) is 12.2. The van der Waals surface area contributed by atoms with Crippen molar-refractivity contribution in [3.8, 4) is 17.0 Å². The minimum Gasteiger partial charge on any atom is -0.495 e. The van der Waals surface area contributed by atoms with Crippen LogP contribution in [0.1, 0.15) is 5.56 Å². The zero-order valence-corrected chi connectivity index (χ0v) is 19.5. The Morgan fingerprint density at radius 2 is 1.74 bits per heavy atom. The van der Waals surface area contributed by atoms with Crippen molar-refractivity contribution in [1.29, 1.82) is 0 Å². The maximum absolute atomic E-state index is 13.6. The van der Waals surface area contributed by atoms with Crippen LogP contribution in [0.25, 0.3) is 22.2 Å². The van der Waals surface area contributed by atoms with Crippen molar-refractivity contribution in [2.24, 2.45) is 0 Å². The highest BCUT2D eigenvalue weighted by Crippen LogP contribution is 2.39. The topological polar surface area (TPSA) is 107 Å². The predicted octanol–water partition coefficient (Wildman–Crippen LogP) is 5.61. The normalized spacial score (nSPS) is 11.4. The van der Waals surface area contributed by atoms with Gasteiger partial charge in [-0.25, -0.2) is 8.78 Å².